The van der Waals surface area contributed by atoms with Crippen LogP contribution in [0.3, 0.4) is 0 Å². The molecule has 11 nitrogen and oxygen atoms in total. The molecule has 200 valence electrons. The van der Waals surface area contributed by atoms with E-state index >= 15 is 0 Å². The monoisotopic (exact) mass is 520 g/mol. The van der Waals surface area contributed by atoms with Crippen molar-refractivity contribution in [1.82, 2.24) is 29.7 Å². The van der Waals surface area contributed by atoms with Gasteiger partial charge in [0, 0.05) is 33.3 Å². The number of hydrogen-bond acceptors (Lipinski definition) is 7. The molecule has 1 N–H and O–H groups in total. The van der Waals surface area contributed by atoms with Gasteiger partial charge < -0.3 is 24.5 Å². The number of likely N-dealkylation sites (tertiary alicyclic amines) is 1. The largest absolute Gasteiger partial charge is 0.396 e. The number of rotatable bonds is 6. The number of aliphatic hydroxyl groups is 1. The van der Waals surface area contributed by atoms with E-state index in [0.29, 0.717) is 25.9 Å². The zero-order chi connectivity index (χ0) is 26.7. The summed E-state index contributed by atoms with van der Waals surface area (Å²) >= 11 is 0. The highest BCUT2D eigenvalue weighted by molar-refractivity contribution is 6.00. The molecule has 3 amide bonds. The van der Waals surface area contributed by atoms with Gasteiger partial charge in [0.2, 0.25) is 11.8 Å². The maximum Gasteiger partial charge on any atom is 0.250 e. The van der Waals surface area contributed by atoms with Gasteiger partial charge in [-0.25, -0.2) is 4.68 Å². The fraction of sp³-hybridized carbons (Fsp3) is 0.519. The number of aliphatic hydroxyl groups excluding tert-OH is 1. The number of nitrogens with zero attached hydrogens (tertiary/aromatic N) is 6. The van der Waals surface area contributed by atoms with Crippen molar-refractivity contribution >= 4 is 28.8 Å². The van der Waals surface area contributed by atoms with Crippen molar-refractivity contribution < 1.29 is 24.2 Å². The van der Waals surface area contributed by atoms with E-state index in [1.165, 1.54) is 0 Å². The average molecular weight is 521 g/mol. The summed E-state index contributed by atoms with van der Waals surface area (Å²) in [4.78, 5) is 46.9. The lowest BCUT2D eigenvalue weighted by Crippen LogP contribution is -2.56. The van der Waals surface area contributed by atoms with Gasteiger partial charge in [0.1, 0.15) is 23.8 Å². The second-order valence-corrected chi connectivity index (χ2v) is 10.8. The van der Waals surface area contributed by atoms with Crippen LogP contribution in [0.1, 0.15) is 19.8 Å². The highest BCUT2D eigenvalue weighted by Gasteiger charge is 2.74. The predicted molar refractivity (Wildman–Crippen MR) is 136 cm³/mol. The Morgan fingerprint density at radius 1 is 1.03 bits per heavy atom. The summed E-state index contributed by atoms with van der Waals surface area (Å²) in [5.74, 6) is -2.28. The summed E-state index contributed by atoms with van der Waals surface area (Å²) in [6, 6.07) is 6.59. The Morgan fingerprint density at radius 3 is 2.63 bits per heavy atom. The third-order valence-corrected chi connectivity index (χ3v) is 8.37. The maximum absolute atomic E-state index is 14.3. The normalized spacial score (nSPS) is 32.6. The minimum Gasteiger partial charge on any atom is -0.396 e. The maximum atomic E-state index is 14.3. The standard InChI is InChI=1S/C27H32N6O5/c1-26-11-7-13-30(2)23(35)20(26)21-24(36)32(15-5-6-16-34)22-25(37)31(14-8-12-27(21,22)38-26)17-33-19-10-4-3-9-18(19)28-29-33/h3-4,7-12,20-22,34H,5-6,13-17H2,1-2H3/t20-,21+,22?,26+,27+/m1/s1. The quantitative estimate of drug-likeness (QED) is 0.436. The molecule has 1 spiro atoms. The molecule has 38 heavy (non-hydrogen) atoms. The Balaban J connectivity index is 1.41. The lowest BCUT2D eigenvalue weighted by molar-refractivity contribution is -0.153. The Kier molecular flexibility index (Phi) is 5.88. The van der Waals surface area contributed by atoms with E-state index in [0.717, 1.165) is 11.0 Å². The van der Waals surface area contributed by atoms with Crippen molar-refractivity contribution in [2.45, 2.75) is 43.7 Å². The van der Waals surface area contributed by atoms with Crippen LogP contribution in [0, 0.1) is 11.8 Å². The van der Waals surface area contributed by atoms with Gasteiger partial charge in [-0.3, -0.25) is 14.4 Å². The third-order valence-electron chi connectivity index (χ3n) is 8.37. The van der Waals surface area contributed by atoms with E-state index in [2.05, 4.69) is 10.3 Å². The third kappa shape index (κ3) is 3.52. The second kappa shape index (κ2) is 9.02. The molecule has 5 heterocycles. The van der Waals surface area contributed by atoms with Crippen LogP contribution in [0.4, 0.5) is 0 Å². The van der Waals surface area contributed by atoms with Crippen molar-refractivity contribution in [3.63, 3.8) is 0 Å². The Hall–Kier alpha value is -3.57. The predicted octanol–water partition coefficient (Wildman–Crippen LogP) is 0.559. The lowest BCUT2D eigenvalue weighted by Gasteiger charge is -2.37. The fourth-order valence-electron chi connectivity index (χ4n) is 6.63. The molecular weight excluding hydrogens is 488 g/mol. The highest BCUT2D eigenvalue weighted by atomic mass is 16.5. The first-order chi connectivity index (χ1) is 18.3. The van der Waals surface area contributed by atoms with Crippen LogP contribution >= 0.6 is 0 Å². The number of unbranched alkanes of at least 4 members (excludes halogenated alkanes) is 1. The van der Waals surface area contributed by atoms with Crippen molar-refractivity contribution in [2.24, 2.45) is 11.8 Å². The van der Waals surface area contributed by atoms with Crippen molar-refractivity contribution in [3.05, 3.63) is 48.6 Å². The van der Waals surface area contributed by atoms with E-state index in [1.54, 1.807) is 26.4 Å². The molecule has 2 fully saturated rings. The first-order valence-electron chi connectivity index (χ1n) is 13.1. The van der Waals surface area contributed by atoms with Crippen molar-refractivity contribution in [3.8, 4) is 0 Å². The highest BCUT2D eigenvalue weighted by Crippen LogP contribution is 2.57. The summed E-state index contributed by atoms with van der Waals surface area (Å²) < 4.78 is 8.44. The fourth-order valence-corrected chi connectivity index (χ4v) is 6.63. The van der Waals surface area contributed by atoms with Crippen LogP contribution in [-0.4, -0.2) is 103 Å². The smallest absolute Gasteiger partial charge is 0.250 e. The van der Waals surface area contributed by atoms with Gasteiger partial charge in [-0.05, 0) is 31.9 Å². The van der Waals surface area contributed by atoms with Crippen molar-refractivity contribution in [1.29, 1.82) is 0 Å². The number of carbonyl (C=O) groups is 3. The topological polar surface area (TPSA) is 121 Å². The van der Waals surface area contributed by atoms with Crippen LogP contribution in [0.2, 0.25) is 0 Å². The molecule has 2 saturated heterocycles. The number of carbonyl (C=O) groups excluding carboxylic acids is 3. The molecule has 4 aliphatic heterocycles. The first-order valence-corrected chi connectivity index (χ1v) is 13.1. The van der Waals surface area contributed by atoms with Gasteiger partial charge >= 0.3 is 0 Å². The van der Waals surface area contributed by atoms with Gasteiger partial charge in [-0.1, -0.05) is 41.7 Å². The van der Waals surface area contributed by atoms with Crippen LogP contribution in [-0.2, 0) is 25.8 Å². The number of aromatic nitrogens is 3. The van der Waals surface area contributed by atoms with Gasteiger partial charge in [0.15, 0.2) is 0 Å². The zero-order valence-electron chi connectivity index (χ0n) is 21.6. The summed E-state index contributed by atoms with van der Waals surface area (Å²) in [5.41, 5.74) is -0.789. The SMILES string of the molecule is CN1CC=C[C@]2(C)O[C@]34C=CCN(Cn5nnc6ccccc65)C(=O)C3N(CCCCO)C(=O)[C@@H]4[C@@H]2C1=O. The molecule has 2 aromatic rings. The van der Waals surface area contributed by atoms with E-state index in [9.17, 15) is 19.5 Å². The van der Waals surface area contributed by atoms with E-state index in [4.69, 9.17) is 4.74 Å². The van der Waals surface area contributed by atoms with Crippen LogP contribution in [0.25, 0.3) is 11.0 Å². The number of benzene rings is 1. The number of fused-ring (bicyclic) bond motifs is 3. The average Bonchev–Trinajstić information content (AvgIpc) is 3.43. The molecule has 1 aromatic heterocycles. The number of amides is 3. The van der Waals surface area contributed by atoms with Gasteiger partial charge in [0.25, 0.3) is 5.91 Å². The molecule has 6 rings (SSSR count). The Bertz CT molecular complexity index is 1350. The molecule has 0 bridgehead atoms. The number of para-hydroxylation sites is 1. The molecular formula is C27H32N6O5. The molecule has 0 aliphatic carbocycles. The lowest BCUT2D eigenvalue weighted by atomic mass is 9.74. The molecule has 0 saturated carbocycles. The summed E-state index contributed by atoms with van der Waals surface area (Å²) in [5, 5.41) is 17.8. The first kappa shape index (κ1) is 24.7. The summed E-state index contributed by atoms with van der Waals surface area (Å²) in [7, 11) is 1.72. The number of likely N-dealkylation sites (N-methyl/N-ethyl adjacent to an activating group) is 1. The Morgan fingerprint density at radius 2 is 1.82 bits per heavy atom. The zero-order valence-corrected chi connectivity index (χ0v) is 21.6. The van der Waals surface area contributed by atoms with Crippen molar-refractivity contribution in [2.75, 3.05) is 33.3 Å². The van der Waals surface area contributed by atoms with E-state index in [1.807, 2.05) is 55.5 Å². The van der Waals surface area contributed by atoms with E-state index in [-0.39, 0.29) is 37.5 Å². The van der Waals surface area contributed by atoms with Crippen LogP contribution in [0.5, 0.6) is 0 Å². The molecule has 5 atom stereocenters. The summed E-state index contributed by atoms with van der Waals surface area (Å²) in [6.07, 6.45) is 8.49. The van der Waals surface area contributed by atoms with Crippen LogP contribution < -0.4 is 0 Å². The van der Waals surface area contributed by atoms with Gasteiger partial charge in [0.05, 0.1) is 23.0 Å². The van der Waals surface area contributed by atoms with E-state index < -0.39 is 29.1 Å². The molecule has 4 aliphatic rings. The number of ether oxygens (including phenoxy) is 1. The van der Waals surface area contributed by atoms with Gasteiger partial charge in [-0.15, -0.1) is 5.10 Å². The molecule has 1 unspecified atom stereocenters. The minimum atomic E-state index is -1.29. The number of hydrogen-bond donors (Lipinski definition) is 1. The van der Waals surface area contributed by atoms with Crippen LogP contribution in [0.15, 0.2) is 48.6 Å². The Labute approximate surface area is 220 Å². The molecule has 1 aromatic carbocycles. The minimum absolute atomic E-state index is 0.00805. The summed E-state index contributed by atoms with van der Waals surface area (Å²) in [6.45, 7) is 3.00. The second-order valence-electron chi connectivity index (χ2n) is 10.8. The van der Waals surface area contributed by atoms with Gasteiger partial charge in [-0.2, -0.15) is 0 Å². The molecule has 0 radical (unpaired) electrons. The molecule has 11 heteroatoms.